The molecule has 0 spiro atoms. The van der Waals surface area contributed by atoms with Crippen LogP contribution in [-0.2, 0) is 23.1 Å². The molecule has 1 amide bonds. The summed E-state index contributed by atoms with van der Waals surface area (Å²) in [6, 6.07) is 4.94. The van der Waals surface area contributed by atoms with Crippen LogP contribution < -0.4 is 5.56 Å². The van der Waals surface area contributed by atoms with Gasteiger partial charge in [0.2, 0.25) is 11.7 Å². The molecule has 0 aromatic carbocycles. The third-order valence-corrected chi connectivity index (χ3v) is 3.70. The van der Waals surface area contributed by atoms with Gasteiger partial charge in [0.15, 0.2) is 0 Å². The third kappa shape index (κ3) is 3.62. The number of ether oxygens (including phenoxy) is 1. The molecular weight excluding hydrogens is 300 g/mol. The minimum Gasteiger partial charge on any atom is -0.366 e. The van der Waals surface area contributed by atoms with Gasteiger partial charge in [-0.3, -0.25) is 9.59 Å². The fourth-order valence-corrected chi connectivity index (χ4v) is 2.48. The van der Waals surface area contributed by atoms with Gasteiger partial charge >= 0.3 is 0 Å². The summed E-state index contributed by atoms with van der Waals surface area (Å²) < 4.78 is 7.14. The van der Waals surface area contributed by atoms with Gasteiger partial charge in [-0.05, 0) is 11.3 Å². The molecule has 1 atom stereocenters. The number of pyridine rings is 1. The van der Waals surface area contributed by atoms with Gasteiger partial charge in [0, 0.05) is 31.8 Å². The van der Waals surface area contributed by atoms with Crippen molar-refractivity contribution in [1.82, 2.24) is 29.7 Å². The standard InChI is InChI=1S/C14H18N6O3/c1-18-16-14(15-17-18)11-10-20(8-9-23-11)13(22)5-7-19-6-3-2-4-12(19)21/h2-4,6,11H,5,7-10H2,1H3. The van der Waals surface area contributed by atoms with E-state index in [1.54, 1.807) is 30.3 Å². The molecule has 23 heavy (non-hydrogen) atoms. The highest BCUT2D eigenvalue weighted by Crippen LogP contribution is 2.18. The van der Waals surface area contributed by atoms with E-state index < -0.39 is 0 Å². The fourth-order valence-electron chi connectivity index (χ4n) is 2.48. The van der Waals surface area contributed by atoms with Crippen LogP contribution in [0.1, 0.15) is 18.3 Å². The maximum absolute atomic E-state index is 12.4. The lowest BCUT2D eigenvalue weighted by atomic mass is 10.2. The van der Waals surface area contributed by atoms with Crippen molar-refractivity contribution in [3.05, 3.63) is 40.6 Å². The second-order valence-electron chi connectivity index (χ2n) is 5.32. The maximum atomic E-state index is 12.4. The summed E-state index contributed by atoms with van der Waals surface area (Å²) in [5.74, 6) is 0.460. The van der Waals surface area contributed by atoms with Gasteiger partial charge in [0.25, 0.3) is 5.56 Å². The monoisotopic (exact) mass is 318 g/mol. The highest BCUT2D eigenvalue weighted by molar-refractivity contribution is 5.76. The first kappa shape index (κ1) is 15.3. The fraction of sp³-hybridized carbons (Fsp3) is 0.500. The molecule has 1 fully saturated rings. The van der Waals surface area contributed by atoms with Crippen LogP contribution in [0.3, 0.4) is 0 Å². The van der Waals surface area contributed by atoms with E-state index in [4.69, 9.17) is 4.74 Å². The highest BCUT2D eigenvalue weighted by atomic mass is 16.5. The number of morpholine rings is 1. The predicted octanol–water partition coefficient (Wildman–Crippen LogP) is -0.638. The van der Waals surface area contributed by atoms with Crippen molar-refractivity contribution in [3.63, 3.8) is 0 Å². The number of rotatable bonds is 4. The predicted molar refractivity (Wildman–Crippen MR) is 79.4 cm³/mol. The second-order valence-corrected chi connectivity index (χ2v) is 5.32. The number of aromatic nitrogens is 5. The zero-order valence-electron chi connectivity index (χ0n) is 12.8. The largest absolute Gasteiger partial charge is 0.366 e. The molecule has 2 aromatic rings. The van der Waals surface area contributed by atoms with Crippen LogP contribution in [0.15, 0.2) is 29.2 Å². The van der Waals surface area contributed by atoms with Gasteiger partial charge in [-0.25, -0.2) is 0 Å². The molecular formula is C14H18N6O3. The Balaban J connectivity index is 1.59. The summed E-state index contributed by atoms with van der Waals surface area (Å²) in [6.45, 7) is 1.72. The lowest BCUT2D eigenvalue weighted by molar-refractivity contribution is -0.139. The maximum Gasteiger partial charge on any atom is 0.250 e. The van der Waals surface area contributed by atoms with E-state index in [0.29, 0.717) is 32.1 Å². The molecule has 9 nitrogen and oxygen atoms in total. The summed E-state index contributed by atoms with van der Waals surface area (Å²) in [4.78, 5) is 27.1. The number of hydrogen-bond acceptors (Lipinski definition) is 6. The van der Waals surface area contributed by atoms with Gasteiger partial charge in [-0.1, -0.05) is 6.07 Å². The van der Waals surface area contributed by atoms with Crippen molar-refractivity contribution in [2.45, 2.75) is 19.1 Å². The van der Waals surface area contributed by atoms with Crippen LogP contribution in [-0.4, -0.2) is 55.3 Å². The summed E-state index contributed by atoms with van der Waals surface area (Å²) >= 11 is 0. The number of carbonyl (C=O) groups is 1. The Kier molecular flexibility index (Phi) is 4.47. The molecule has 0 N–H and O–H groups in total. The smallest absolute Gasteiger partial charge is 0.250 e. The van der Waals surface area contributed by atoms with Crippen LogP contribution in [0.25, 0.3) is 0 Å². The van der Waals surface area contributed by atoms with Gasteiger partial charge in [0.1, 0.15) is 6.10 Å². The molecule has 0 aliphatic carbocycles. The first-order valence-electron chi connectivity index (χ1n) is 7.42. The molecule has 1 aliphatic heterocycles. The Morgan fingerprint density at radius 2 is 2.30 bits per heavy atom. The Labute approximate surface area is 132 Å². The zero-order valence-corrected chi connectivity index (χ0v) is 12.8. The number of nitrogens with zero attached hydrogens (tertiary/aromatic N) is 6. The van der Waals surface area contributed by atoms with Crippen molar-refractivity contribution < 1.29 is 9.53 Å². The highest BCUT2D eigenvalue weighted by Gasteiger charge is 2.28. The van der Waals surface area contributed by atoms with Crippen LogP contribution >= 0.6 is 0 Å². The normalized spacial score (nSPS) is 18.1. The SMILES string of the molecule is Cn1nnc(C2CN(C(=O)CCn3ccccc3=O)CCO2)n1. The Bertz CT molecular complexity index is 740. The number of aryl methyl sites for hydroxylation is 2. The van der Waals surface area contributed by atoms with Gasteiger partial charge < -0.3 is 14.2 Å². The molecule has 0 saturated carbocycles. The lowest BCUT2D eigenvalue weighted by Crippen LogP contribution is -2.43. The van der Waals surface area contributed by atoms with Crippen molar-refractivity contribution in [2.24, 2.45) is 7.05 Å². The first-order valence-corrected chi connectivity index (χ1v) is 7.42. The molecule has 2 aromatic heterocycles. The van der Waals surface area contributed by atoms with Crippen LogP contribution in [0.2, 0.25) is 0 Å². The Morgan fingerprint density at radius 3 is 3.04 bits per heavy atom. The Hall–Kier alpha value is -2.55. The molecule has 3 rings (SSSR count). The minimum absolute atomic E-state index is 0.0158. The molecule has 3 heterocycles. The number of amides is 1. The molecule has 0 bridgehead atoms. The van der Waals surface area contributed by atoms with Crippen LogP contribution in [0.4, 0.5) is 0 Å². The molecule has 9 heteroatoms. The summed E-state index contributed by atoms with van der Waals surface area (Å²) in [7, 11) is 1.68. The van der Waals surface area contributed by atoms with Crippen molar-refractivity contribution >= 4 is 5.91 Å². The quantitative estimate of drug-likeness (QED) is 0.744. The van der Waals surface area contributed by atoms with Crippen molar-refractivity contribution in [3.8, 4) is 0 Å². The van der Waals surface area contributed by atoms with E-state index in [0.717, 1.165) is 0 Å². The van der Waals surface area contributed by atoms with Crippen LogP contribution in [0.5, 0.6) is 0 Å². The van der Waals surface area contributed by atoms with E-state index in [-0.39, 0.29) is 24.0 Å². The van der Waals surface area contributed by atoms with E-state index in [9.17, 15) is 9.59 Å². The average Bonchev–Trinajstić information content (AvgIpc) is 3.00. The van der Waals surface area contributed by atoms with E-state index in [1.165, 1.54) is 15.4 Å². The number of hydrogen-bond donors (Lipinski definition) is 0. The topological polar surface area (TPSA) is 95.1 Å². The van der Waals surface area contributed by atoms with Gasteiger partial charge in [-0.2, -0.15) is 4.80 Å². The van der Waals surface area contributed by atoms with E-state index in [1.807, 2.05) is 0 Å². The molecule has 0 radical (unpaired) electrons. The molecule has 1 unspecified atom stereocenters. The number of carbonyl (C=O) groups excluding carboxylic acids is 1. The van der Waals surface area contributed by atoms with Gasteiger partial charge in [0.05, 0.1) is 20.2 Å². The van der Waals surface area contributed by atoms with Crippen LogP contribution in [0, 0.1) is 0 Å². The first-order chi connectivity index (χ1) is 11.1. The molecule has 1 aliphatic rings. The van der Waals surface area contributed by atoms with Gasteiger partial charge in [-0.15, -0.1) is 10.2 Å². The third-order valence-electron chi connectivity index (χ3n) is 3.70. The zero-order chi connectivity index (χ0) is 16.2. The van der Waals surface area contributed by atoms with Crippen molar-refractivity contribution in [2.75, 3.05) is 19.7 Å². The molecule has 122 valence electrons. The van der Waals surface area contributed by atoms with E-state index >= 15 is 0 Å². The summed E-state index contributed by atoms with van der Waals surface area (Å²) in [5, 5.41) is 11.8. The Morgan fingerprint density at radius 1 is 1.43 bits per heavy atom. The number of tetrazole rings is 1. The summed E-state index contributed by atoms with van der Waals surface area (Å²) in [5.41, 5.74) is -0.107. The average molecular weight is 318 g/mol. The van der Waals surface area contributed by atoms with E-state index in [2.05, 4.69) is 15.4 Å². The second kappa shape index (κ2) is 6.69. The lowest BCUT2D eigenvalue weighted by Gasteiger charge is -2.31. The minimum atomic E-state index is -0.360. The summed E-state index contributed by atoms with van der Waals surface area (Å²) in [6.07, 6.45) is 1.59. The van der Waals surface area contributed by atoms with Crippen molar-refractivity contribution in [1.29, 1.82) is 0 Å². The molecule has 1 saturated heterocycles.